The lowest BCUT2D eigenvalue weighted by molar-refractivity contribution is 0.128. The van der Waals surface area contributed by atoms with Crippen LogP contribution < -0.4 is 4.74 Å². The number of methoxy groups -OCH3 is 1. The average Bonchev–Trinajstić information content (AvgIpc) is 3.89. The zero-order valence-electron chi connectivity index (χ0n) is 39.6. The number of fused-ring (bicyclic) bond motifs is 7. The van der Waals surface area contributed by atoms with Gasteiger partial charge in [-0.05, 0) is 94.4 Å². The SMILES string of the molecule is COc1ccc2[nH]c3c(c2c1)CC1c2cc4sccc4cc2CCN1C3c1ccc(F)cc1.[B][B]B(B([B])[B])B(B(B([B])[B])B([B])[B])B(B(B([B])[B])B([B])[B])B(B(B([B])[B])B([B])[B])B(B([B])[B])B([B])[B]. The summed E-state index contributed by atoms with van der Waals surface area (Å²) in [4.78, 5) is 6.34. The van der Waals surface area contributed by atoms with Gasteiger partial charge in [0.25, 0.3) is 0 Å². The second kappa shape index (κ2) is 25.4. The predicted molar refractivity (Wildman–Crippen MR) is 345 cm³/mol. The molecule has 4 heterocycles. The van der Waals surface area contributed by atoms with Crippen molar-refractivity contribution in [3.63, 3.8) is 0 Å². The molecule has 1 N–H and O–H groups in total. The third kappa shape index (κ3) is 12.6. The van der Waals surface area contributed by atoms with Crippen LogP contribution in [0.15, 0.2) is 66.0 Å². The van der Waals surface area contributed by atoms with Crippen molar-refractivity contribution in [3.8, 4) is 5.75 Å². The molecular formula is C28H23B37FN2OS. The number of aromatic amines is 1. The highest BCUT2D eigenvalue weighted by Gasteiger charge is 2.55. The monoisotopic (exact) mass is 861 g/mol. The lowest BCUT2D eigenvalue weighted by atomic mass is 8.28. The van der Waals surface area contributed by atoms with Crippen LogP contribution in [0.3, 0.4) is 0 Å². The Morgan fingerprint density at radius 1 is 0.629 bits per heavy atom. The molecule has 42 heteroatoms. The number of hydrogen-bond donors (Lipinski definition) is 1. The first-order chi connectivity index (χ1) is 33.0. The van der Waals surface area contributed by atoms with Gasteiger partial charge >= 0.3 is 0 Å². The van der Waals surface area contributed by atoms with Gasteiger partial charge in [-0.2, -0.15) is 0 Å². The van der Waals surface area contributed by atoms with Gasteiger partial charge in [0.2, 0.25) is 0 Å². The van der Waals surface area contributed by atoms with E-state index >= 15 is 0 Å². The van der Waals surface area contributed by atoms with Crippen LogP contribution in [-0.4, -0.2) is 286 Å². The van der Waals surface area contributed by atoms with Crippen LogP contribution in [0.25, 0.3) is 21.0 Å². The Balaban J connectivity index is 0.000000230. The fourth-order valence-corrected chi connectivity index (χ4v) is 12.6. The summed E-state index contributed by atoms with van der Waals surface area (Å²) in [5.74, 6) is 0.672. The average molecular weight is 855 g/mol. The van der Waals surface area contributed by atoms with Crippen molar-refractivity contribution >= 4 is 295 Å². The van der Waals surface area contributed by atoms with Crippen molar-refractivity contribution in [1.29, 1.82) is 0 Å². The highest BCUT2D eigenvalue weighted by molar-refractivity contribution is 8.31. The summed E-state index contributed by atoms with van der Waals surface area (Å²) in [7, 11) is 120. The minimum absolute atomic E-state index is 0.0601. The van der Waals surface area contributed by atoms with E-state index in [1.807, 2.05) is 29.5 Å². The van der Waals surface area contributed by atoms with E-state index in [2.05, 4.69) is 45.6 Å². The van der Waals surface area contributed by atoms with E-state index in [0.717, 1.165) is 36.2 Å². The molecule has 70 heavy (non-hydrogen) atoms. The summed E-state index contributed by atoms with van der Waals surface area (Å²) in [5, 5.41) is 4.75. The summed E-state index contributed by atoms with van der Waals surface area (Å²) in [6.07, 6.45) is -16.0. The molecule has 0 fully saturated rings. The van der Waals surface area contributed by atoms with E-state index in [0.29, 0.717) is 0 Å². The summed E-state index contributed by atoms with van der Waals surface area (Å²) >= 11 is 1.81. The Labute approximate surface area is 454 Å². The predicted octanol–water partition coefficient (Wildman–Crippen LogP) is -7.31. The lowest BCUT2D eigenvalue weighted by Crippen LogP contribution is -2.91. The van der Waals surface area contributed by atoms with Crippen LogP contribution in [0.5, 0.6) is 5.75 Å². The van der Waals surface area contributed by atoms with E-state index in [4.69, 9.17) is 152 Å². The van der Waals surface area contributed by atoms with Gasteiger partial charge in [-0.1, -0.05) is 12.1 Å². The topological polar surface area (TPSA) is 28.3 Å². The number of aromatic nitrogens is 1. The Morgan fingerprint density at radius 2 is 1.14 bits per heavy atom. The van der Waals surface area contributed by atoms with Gasteiger partial charge in [-0.15, -0.1) is 11.3 Å². The van der Waals surface area contributed by atoms with Crippen molar-refractivity contribution < 1.29 is 9.13 Å². The molecule has 39 radical (unpaired) electrons. The summed E-state index contributed by atoms with van der Waals surface area (Å²) in [5.41, 5.74) is 7.72. The number of benzene rings is 3. The third-order valence-electron chi connectivity index (χ3n) is 14.8. The molecule has 7 rings (SSSR count). The fraction of sp³-hybridized carbons (Fsp3) is 0.214. The molecule has 0 saturated carbocycles. The quantitative estimate of drug-likeness (QED) is 0.0839. The number of nitrogens with zero attached hydrogens (tertiary/aromatic N) is 1. The second-order valence-electron chi connectivity index (χ2n) is 19.1. The molecule has 5 aromatic rings. The number of halogens is 1. The van der Waals surface area contributed by atoms with Crippen molar-refractivity contribution in [1.82, 2.24) is 9.88 Å². The van der Waals surface area contributed by atoms with Crippen molar-refractivity contribution in [2.75, 3.05) is 13.7 Å². The smallest absolute Gasteiger partial charge is 0.123 e. The molecular weight excluding hydrogens is 831 g/mol. The number of thiophene rings is 1. The number of rotatable bonds is 19. The molecule has 0 amide bonds. The Morgan fingerprint density at radius 3 is 1.63 bits per heavy atom. The number of H-pyrrole nitrogens is 1. The Hall–Kier alpha value is -0.747. The minimum Gasteiger partial charge on any atom is -0.497 e. The number of ether oxygens (including phenoxy) is 1. The molecule has 0 aliphatic carbocycles. The minimum atomic E-state index is -1.17. The number of nitrogens with one attached hydrogen (secondary N) is 1. The van der Waals surface area contributed by atoms with Crippen LogP contribution in [0, 0.1) is 5.82 Å². The van der Waals surface area contributed by atoms with E-state index in [-0.39, 0.29) is 17.9 Å². The molecule has 2 unspecified atom stereocenters. The van der Waals surface area contributed by atoms with Gasteiger partial charge in [0.1, 0.15) is 11.6 Å². The molecule has 0 spiro atoms. The van der Waals surface area contributed by atoms with Crippen molar-refractivity contribution in [2.45, 2.75) is 24.9 Å². The molecule has 2 atom stereocenters. The van der Waals surface area contributed by atoms with Gasteiger partial charge in [0, 0.05) is 296 Å². The first-order valence-electron chi connectivity index (χ1n) is 23.4. The maximum absolute atomic E-state index is 13.8. The molecule has 3 nitrogen and oxygen atoms in total. The normalized spacial score (nSPS) is 14.4. The maximum Gasteiger partial charge on any atom is 0.123 e. The standard InChI is InChI=1S/C28H23FN2OS.B37/c1-32-20-6-7-24-22(13-20)23-14-25-21-15-26-18(9-11-33-26)12-17(21)8-10-31(25)28(27(23)30-24)16-2-4-19(29)5-3-16;1-20-30(21(2)3)35(31(22(4)5)23(6)7)37(34(28(16)17)29(18)19)36(32(24(8)9)25(10)11)33(26(12)13)27(14)15/h2-7,9,11-13,15,25,28,30H,8,10,14H2,1H3;. The van der Waals surface area contributed by atoms with Gasteiger partial charge in [0.15, 0.2) is 0 Å². The zero-order valence-corrected chi connectivity index (χ0v) is 40.4. The van der Waals surface area contributed by atoms with Crippen LogP contribution in [-0.2, 0) is 12.8 Å². The van der Waals surface area contributed by atoms with Gasteiger partial charge < -0.3 is 9.72 Å². The van der Waals surface area contributed by atoms with Crippen LogP contribution in [0.2, 0.25) is 0 Å². The van der Waals surface area contributed by atoms with E-state index < -0.39 is 109 Å². The molecule has 0 bridgehead atoms. The zero-order chi connectivity index (χ0) is 51.6. The lowest BCUT2D eigenvalue weighted by Gasteiger charge is -2.53. The van der Waals surface area contributed by atoms with E-state index in [9.17, 15) is 4.39 Å². The van der Waals surface area contributed by atoms with Gasteiger partial charge in [-0.3, -0.25) is 4.90 Å². The Kier molecular flexibility index (Phi) is 21.2. The van der Waals surface area contributed by atoms with Gasteiger partial charge in [0.05, 0.1) is 13.2 Å². The van der Waals surface area contributed by atoms with Crippen LogP contribution >= 0.6 is 11.3 Å². The molecule has 2 aliphatic rings. The first-order valence-corrected chi connectivity index (χ1v) is 24.3. The first kappa shape index (κ1) is 58.5. The maximum atomic E-state index is 13.8. The third-order valence-corrected chi connectivity index (χ3v) is 15.7. The number of hydrogen-bond acceptors (Lipinski definition) is 3. The van der Waals surface area contributed by atoms with Crippen molar-refractivity contribution in [3.05, 3.63) is 99.8 Å². The largest absolute Gasteiger partial charge is 0.497 e. The Bertz CT molecular complexity index is 2410. The van der Waals surface area contributed by atoms with Gasteiger partial charge in [-0.25, -0.2) is 4.39 Å². The molecule has 275 valence electrons. The molecule has 3 aromatic carbocycles. The molecule has 2 aromatic heterocycles. The van der Waals surface area contributed by atoms with E-state index in [1.165, 1.54) is 44.9 Å². The molecule has 0 saturated heterocycles. The summed E-state index contributed by atoms with van der Waals surface area (Å²) in [6.45, 7) is 0.980. The molecule has 2 aliphatic heterocycles. The summed E-state index contributed by atoms with van der Waals surface area (Å²) < 4.78 is 20.7. The highest BCUT2D eigenvalue weighted by atomic mass is 32.1. The summed E-state index contributed by atoms with van der Waals surface area (Å²) in [6, 6.07) is 20.7. The van der Waals surface area contributed by atoms with Crippen LogP contribution in [0.1, 0.15) is 40.0 Å². The van der Waals surface area contributed by atoms with Crippen molar-refractivity contribution in [2.24, 2.45) is 0 Å². The van der Waals surface area contributed by atoms with E-state index in [1.54, 1.807) is 19.2 Å². The highest BCUT2D eigenvalue weighted by Crippen LogP contribution is 2.49. The fourth-order valence-electron chi connectivity index (χ4n) is 11.8. The van der Waals surface area contributed by atoms with Crippen LogP contribution in [0.4, 0.5) is 4.39 Å². The second-order valence-corrected chi connectivity index (χ2v) is 20.1.